The van der Waals surface area contributed by atoms with E-state index < -0.39 is 29.1 Å². The summed E-state index contributed by atoms with van der Waals surface area (Å²) in [5.74, 6) is -2.31. The Kier molecular flexibility index (Phi) is 9.41. The molecule has 0 saturated carbocycles. The molecule has 6 atom stereocenters. The summed E-state index contributed by atoms with van der Waals surface area (Å²) >= 11 is 0. The average Bonchev–Trinajstić information content (AvgIpc) is 3.53. The van der Waals surface area contributed by atoms with Gasteiger partial charge >= 0.3 is 0 Å². The van der Waals surface area contributed by atoms with Gasteiger partial charge < -0.3 is 29.3 Å². The molecule has 4 aliphatic heterocycles. The number of carbonyl (C=O) groups is 3. The van der Waals surface area contributed by atoms with Crippen molar-refractivity contribution in [2.45, 2.75) is 43.9 Å². The number of ether oxygens (including phenoxy) is 2. The average molecular weight is 595 g/mol. The lowest BCUT2D eigenvalue weighted by Crippen LogP contribution is -2.57. The van der Waals surface area contributed by atoms with Crippen LogP contribution >= 0.6 is 0 Å². The van der Waals surface area contributed by atoms with Gasteiger partial charge in [0.25, 0.3) is 0 Å². The van der Waals surface area contributed by atoms with Gasteiger partial charge in [0.1, 0.15) is 11.6 Å². The summed E-state index contributed by atoms with van der Waals surface area (Å²) in [5, 5.41) is 9.71. The Hall–Kier alpha value is -3.05. The van der Waals surface area contributed by atoms with Crippen LogP contribution in [0.15, 0.2) is 55.6 Å². The number of morpholine rings is 1. The molecule has 2 bridgehead atoms. The van der Waals surface area contributed by atoms with Crippen LogP contribution in [0.3, 0.4) is 0 Å². The Morgan fingerprint density at radius 1 is 1.09 bits per heavy atom. The highest BCUT2D eigenvalue weighted by Gasteiger charge is 2.80. The van der Waals surface area contributed by atoms with Crippen LogP contribution in [-0.4, -0.2) is 120 Å². The number of aliphatic hydroxyl groups is 1. The van der Waals surface area contributed by atoms with E-state index in [4.69, 9.17) is 9.47 Å². The van der Waals surface area contributed by atoms with Crippen LogP contribution in [0.4, 0.5) is 5.69 Å². The van der Waals surface area contributed by atoms with Gasteiger partial charge in [0.05, 0.1) is 30.7 Å². The van der Waals surface area contributed by atoms with Crippen LogP contribution in [0.5, 0.6) is 0 Å². The second kappa shape index (κ2) is 12.9. The molecule has 10 nitrogen and oxygen atoms in total. The first-order valence-electron chi connectivity index (χ1n) is 15.5. The maximum atomic E-state index is 14.6. The van der Waals surface area contributed by atoms with E-state index in [2.05, 4.69) is 18.1 Å². The summed E-state index contributed by atoms with van der Waals surface area (Å²) in [7, 11) is 0. The Morgan fingerprint density at radius 2 is 1.79 bits per heavy atom. The lowest BCUT2D eigenvalue weighted by molar-refractivity contribution is -0.152. The van der Waals surface area contributed by atoms with Crippen molar-refractivity contribution in [3.63, 3.8) is 0 Å². The van der Waals surface area contributed by atoms with Crippen LogP contribution in [0, 0.1) is 17.8 Å². The molecule has 0 radical (unpaired) electrons. The number of para-hydroxylation sites is 1. The van der Waals surface area contributed by atoms with Gasteiger partial charge in [0.2, 0.25) is 17.7 Å². The predicted molar refractivity (Wildman–Crippen MR) is 163 cm³/mol. The highest BCUT2D eigenvalue weighted by Crippen LogP contribution is 2.65. The summed E-state index contributed by atoms with van der Waals surface area (Å²) in [6, 6.07) is 8.48. The highest BCUT2D eigenvalue weighted by atomic mass is 16.5. The predicted octanol–water partition coefficient (Wildman–Crippen LogP) is 1.95. The molecule has 4 aliphatic rings. The molecule has 5 rings (SSSR count). The van der Waals surface area contributed by atoms with Crippen molar-refractivity contribution in [1.82, 2.24) is 14.7 Å². The molecule has 1 spiro atoms. The summed E-state index contributed by atoms with van der Waals surface area (Å²) in [5.41, 5.74) is -1.35. The number of fused-ring (bicyclic) bond motifs is 1. The highest BCUT2D eigenvalue weighted by molar-refractivity contribution is 6.03. The molecule has 4 heterocycles. The van der Waals surface area contributed by atoms with Crippen LogP contribution in [0.2, 0.25) is 0 Å². The van der Waals surface area contributed by atoms with Crippen molar-refractivity contribution < 1.29 is 29.0 Å². The van der Waals surface area contributed by atoms with E-state index in [-0.39, 0.29) is 43.3 Å². The molecule has 1 N–H and O–H groups in total. The zero-order chi connectivity index (χ0) is 30.8. The lowest BCUT2D eigenvalue weighted by atomic mass is 9.62. The number of carbonyl (C=O) groups excluding carboxylic acids is 3. The molecule has 3 unspecified atom stereocenters. The van der Waals surface area contributed by atoms with Crippen LogP contribution in [0.1, 0.15) is 26.7 Å². The van der Waals surface area contributed by atoms with Crippen molar-refractivity contribution in [3.8, 4) is 0 Å². The molecule has 0 aromatic heterocycles. The van der Waals surface area contributed by atoms with Gasteiger partial charge in [-0.2, -0.15) is 0 Å². The molecule has 4 saturated heterocycles. The third-order valence-corrected chi connectivity index (χ3v) is 9.97. The summed E-state index contributed by atoms with van der Waals surface area (Å²) in [6.45, 7) is 16.5. The quantitative estimate of drug-likeness (QED) is 0.349. The minimum absolute atomic E-state index is 0.0684. The van der Waals surface area contributed by atoms with Gasteiger partial charge in [0.15, 0.2) is 0 Å². The number of nitrogens with zero attached hydrogens (tertiary/aromatic N) is 4. The third-order valence-electron chi connectivity index (χ3n) is 9.97. The maximum absolute atomic E-state index is 14.6. The molecule has 234 valence electrons. The fourth-order valence-corrected chi connectivity index (χ4v) is 7.81. The third kappa shape index (κ3) is 5.43. The van der Waals surface area contributed by atoms with Crippen molar-refractivity contribution in [1.29, 1.82) is 0 Å². The Morgan fingerprint density at radius 3 is 2.44 bits per heavy atom. The molecule has 10 heteroatoms. The van der Waals surface area contributed by atoms with Crippen LogP contribution in [0.25, 0.3) is 0 Å². The second-order valence-corrected chi connectivity index (χ2v) is 12.4. The van der Waals surface area contributed by atoms with Gasteiger partial charge in [-0.15, -0.1) is 13.2 Å². The minimum atomic E-state index is -1.15. The van der Waals surface area contributed by atoms with Crippen LogP contribution < -0.4 is 4.90 Å². The molecule has 1 aromatic carbocycles. The topological polar surface area (TPSA) is 103 Å². The molecule has 1 aromatic rings. The second-order valence-electron chi connectivity index (χ2n) is 12.4. The lowest BCUT2D eigenvalue weighted by Gasteiger charge is -2.39. The Bertz CT molecular complexity index is 1210. The number of hydrogen-bond acceptors (Lipinski definition) is 7. The van der Waals surface area contributed by atoms with E-state index in [9.17, 15) is 19.5 Å². The molecule has 3 amide bonds. The van der Waals surface area contributed by atoms with E-state index in [1.165, 1.54) is 0 Å². The molecule has 0 aliphatic carbocycles. The standard InChI is InChI=1S/C33H46N4O6/c1-5-13-35(17-16-34-18-21-42-22-19-34)31(41)28-33-23-24(3)32(4,43-33)26(27(33)30(40)37(28)15-10-20-38)29(39)36(14-6-2)25-11-8-7-9-12-25/h5-9,11-12,24,26-28,38H,1-2,10,13-23H2,3-4H3/t24?,26-,27-,28?,32+,33?/m0/s1. The van der Waals surface area contributed by atoms with E-state index in [1.54, 1.807) is 26.9 Å². The van der Waals surface area contributed by atoms with E-state index in [1.807, 2.05) is 44.2 Å². The zero-order valence-corrected chi connectivity index (χ0v) is 25.5. The normalized spacial score (nSPS) is 31.6. The monoisotopic (exact) mass is 594 g/mol. The first kappa shape index (κ1) is 31.4. The first-order chi connectivity index (χ1) is 20.7. The minimum Gasteiger partial charge on any atom is -0.396 e. The van der Waals surface area contributed by atoms with Gasteiger partial charge in [0, 0.05) is 58.1 Å². The fraction of sp³-hybridized carbons (Fsp3) is 0.606. The maximum Gasteiger partial charge on any atom is 0.248 e. The van der Waals surface area contributed by atoms with Gasteiger partial charge in [-0.1, -0.05) is 37.3 Å². The summed E-state index contributed by atoms with van der Waals surface area (Å²) in [6.07, 6.45) is 4.20. The van der Waals surface area contributed by atoms with Crippen molar-refractivity contribution in [2.75, 3.05) is 70.5 Å². The summed E-state index contributed by atoms with van der Waals surface area (Å²) < 4.78 is 12.4. The molecular weight excluding hydrogens is 548 g/mol. The fourth-order valence-electron chi connectivity index (χ4n) is 7.81. The number of anilines is 1. The molecule has 4 fully saturated rings. The van der Waals surface area contributed by atoms with Gasteiger partial charge in [-0.3, -0.25) is 19.3 Å². The smallest absolute Gasteiger partial charge is 0.248 e. The summed E-state index contributed by atoms with van der Waals surface area (Å²) in [4.78, 5) is 50.8. The van der Waals surface area contributed by atoms with Crippen molar-refractivity contribution >= 4 is 23.4 Å². The van der Waals surface area contributed by atoms with Gasteiger partial charge in [-0.25, -0.2) is 0 Å². The zero-order valence-electron chi connectivity index (χ0n) is 25.5. The number of aliphatic hydroxyl groups excluding tert-OH is 1. The van der Waals surface area contributed by atoms with Crippen LogP contribution in [-0.2, 0) is 23.9 Å². The van der Waals surface area contributed by atoms with E-state index in [0.29, 0.717) is 45.7 Å². The number of benzene rings is 1. The van der Waals surface area contributed by atoms with E-state index in [0.717, 1.165) is 18.8 Å². The Labute approximate surface area is 254 Å². The Balaban J connectivity index is 1.51. The molecular formula is C33H46N4O6. The van der Waals surface area contributed by atoms with Gasteiger partial charge in [-0.05, 0) is 37.8 Å². The largest absolute Gasteiger partial charge is 0.396 e. The first-order valence-corrected chi connectivity index (χ1v) is 15.5. The number of amides is 3. The van der Waals surface area contributed by atoms with Crippen molar-refractivity contribution in [2.24, 2.45) is 17.8 Å². The van der Waals surface area contributed by atoms with Crippen molar-refractivity contribution in [3.05, 3.63) is 55.6 Å². The molecule has 43 heavy (non-hydrogen) atoms. The SMILES string of the molecule is C=CCN(CCN1CCOCC1)C(=O)C1N(CCCO)C(=O)[C@@H]2[C@@H](C(=O)N(CC=C)c3ccccc3)[C@]3(C)OC12CC3C. The number of likely N-dealkylation sites (tertiary alicyclic amines) is 1. The number of rotatable bonds is 13. The van der Waals surface area contributed by atoms with E-state index >= 15 is 0 Å². The number of hydrogen-bond donors (Lipinski definition) is 1.